The third kappa shape index (κ3) is 3.05. The van der Waals surface area contributed by atoms with Gasteiger partial charge >= 0.3 is 0 Å². The van der Waals surface area contributed by atoms with Crippen LogP contribution in [-0.4, -0.2) is 17.6 Å². The van der Waals surface area contributed by atoms with Crippen LogP contribution in [0.1, 0.15) is 11.6 Å². The molecule has 0 saturated heterocycles. The second-order valence-corrected chi connectivity index (χ2v) is 3.15. The molecule has 0 saturated carbocycles. The van der Waals surface area contributed by atoms with Gasteiger partial charge in [0.15, 0.2) is 11.6 Å². The van der Waals surface area contributed by atoms with Crippen molar-refractivity contribution in [1.29, 1.82) is 0 Å². The van der Waals surface area contributed by atoms with Gasteiger partial charge in [0.1, 0.15) is 18.5 Å². The van der Waals surface area contributed by atoms with Gasteiger partial charge in [-0.15, -0.1) is 12.4 Å². The molecule has 0 bridgehead atoms. The van der Waals surface area contributed by atoms with Crippen LogP contribution in [-0.2, 0) is 0 Å². The standard InChI is InChI=1S/C9H8F5NO.ClH/c10-4-1-2-5(11)7(12)6(4)8(15)9(13,14)3-16;/h1-2,8,16H,3,15H2;1H/t8-;/m1./s1. The van der Waals surface area contributed by atoms with Gasteiger partial charge in [0.2, 0.25) is 0 Å². The van der Waals surface area contributed by atoms with E-state index in [1.165, 1.54) is 0 Å². The monoisotopic (exact) mass is 277 g/mol. The molecule has 0 fully saturated rings. The van der Waals surface area contributed by atoms with Crippen molar-refractivity contribution in [2.45, 2.75) is 12.0 Å². The van der Waals surface area contributed by atoms with Crippen LogP contribution in [0.25, 0.3) is 0 Å². The van der Waals surface area contributed by atoms with E-state index < -0.39 is 41.6 Å². The van der Waals surface area contributed by atoms with Gasteiger partial charge in [-0.2, -0.15) is 0 Å². The Hall–Kier alpha value is -0.920. The van der Waals surface area contributed by atoms with E-state index in [0.29, 0.717) is 12.1 Å². The minimum atomic E-state index is -3.94. The van der Waals surface area contributed by atoms with Gasteiger partial charge in [-0.25, -0.2) is 22.0 Å². The Morgan fingerprint density at radius 1 is 1.18 bits per heavy atom. The van der Waals surface area contributed by atoms with Crippen LogP contribution >= 0.6 is 12.4 Å². The minimum Gasteiger partial charge on any atom is -0.390 e. The molecular weight excluding hydrogens is 269 g/mol. The van der Waals surface area contributed by atoms with E-state index in [4.69, 9.17) is 10.8 Å². The second kappa shape index (κ2) is 5.61. The number of alkyl halides is 2. The van der Waals surface area contributed by atoms with Crippen LogP contribution < -0.4 is 5.73 Å². The number of hydrogen-bond donors (Lipinski definition) is 2. The summed E-state index contributed by atoms with van der Waals surface area (Å²) in [6.45, 7) is -1.69. The molecule has 1 atom stereocenters. The highest BCUT2D eigenvalue weighted by atomic mass is 35.5. The molecule has 0 aliphatic carbocycles. The summed E-state index contributed by atoms with van der Waals surface area (Å²) in [6, 6.07) is -1.51. The molecule has 98 valence electrons. The van der Waals surface area contributed by atoms with Crippen molar-refractivity contribution in [3.05, 3.63) is 35.1 Å². The maximum absolute atomic E-state index is 13.1. The van der Waals surface area contributed by atoms with Gasteiger partial charge in [0.25, 0.3) is 5.92 Å². The summed E-state index contributed by atoms with van der Waals surface area (Å²) in [5.41, 5.74) is 3.62. The van der Waals surface area contributed by atoms with E-state index in [0.717, 1.165) is 0 Å². The predicted molar refractivity (Wildman–Crippen MR) is 52.5 cm³/mol. The smallest absolute Gasteiger partial charge is 0.289 e. The predicted octanol–water partition coefficient (Wildman–Crippen LogP) is 2.15. The van der Waals surface area contributed by atoms with Crippen molar-refractivity contribution in [3.8, 4) is 0 Å². The summed E-state index contributed by atoms with van der Waals surface area (Å²) in [6.07, 6.45) is 0. The molecule has 0 amide bonds. The van der Waals surface area contributed by atoms with E-state index in [1.54, 1.807) is 0 Å². The summed E-state index contributed by atoms with van der Waals surface area (Å²) < 4.78 is 64.6. The maximum atomic E-state index is 13.1. The molecule has 0 unspecified atom stereocenters. The first-order valence-corrected chi connectivity index (χ1v) is 4.19. The third-order valence-corrected chi connectivity index (χ3v) is 2.06. The summed E-state index contributed by atoms with van der Waals surface area (Å²) in [5, 5.41) is 8.31. The lowest BCUT2D eigenvalue weighted by atomic mass is 10.0. The Morgan fingerprint density at radius 3 is 2.12 bits per heavy atom. The lowest BCUT2D eigenvalue weighted by Gasteiger charge is -2.22. The molecule has 0 heterocycles. The number of halogens is 6. The molecule has 0 spiro atoms. The van der Waals surface area contributed by atoms with Crippen molar-refractivity contribution in [1.82, 2.24) is 0 Å². The molecule has 0 aromatic heterocycles. The van der Waals surface area contributed by atoms with Gasteiger partial charge in [-0.05, 0) is 12.1 Å². The number of hydrogen-bond acceptors (Lipinski definition) is 2. The molecule has 3 N–H and O–H groups in total. The fourth-order valence-corrected chi connectivity index (χ4v) is 1.14. The van der Waals surface area contributed by atoms with Gasteiger partial charge < -0.3 is 10.8 Å². The van der Waals surface area contributed by atoms with E-state index in [9.17, 15) is 22.0 Å². The highest BCUT2D eigenvalue weighted by Gasteiger charge is 2.40. The average molecular weight is 278 g/mol. The number of aliphatic hydroxyl groups excluding tert-OH is 1. The molecule has 1 aromatic carbocycles. The van der Waals surface area contributed by atoms with Crippen molar-refractivity contribution in [2.24, 2.45) is 5.73 Å². The molecule has 2 nitrogen and oxygen atoms in total. The van der Waals surface area contributed by atoms with Crippen LogP contribution in [0.2, 0.25) is 0 Å². The Morgan fingerprint density at radius 2 is 1.65 bits per heavy atom. The van der Waals surface area contributed by atoms with Crippen LogP contribution in [0.5, 0.6) is 0 Å². The van der Waals surface area contributed by atoms with E-state index in [2.05, 4.69) is 0 Å². The van der Waals surface area contributed by atoms with E-state index in [1.807, 2.05) is 0 Å². The van der Waals surface area contributed by atoms with Gasteiger partial charge in [0, 0.05) is 5.56 Å². The van der Waals surface area contributed by atoms with Gasteiger partial charge in [-0.1, -0.05) is 0 Å². The molecule has 0 aliphatic heterocycles. The largest absolute Gasteiger partial charge is 0.390 e. The van der Waals surface area contributed by atoms with Gasteiger partial charge in [0.05, 0.1) is 0 Å². The fourth-order valence-electron chi connectivity index (χ4n) is 1.14. The van der Waals surface area contributed by atoms with Crippen LogP contribution in [0, 0.1) is 17.5 Å². The Kier molecular flexibility index (Phi) is 5.31. The molecule has 0 radical (unpaired) electrons. The fraction of sp³-hybridized carbons (Fsp3) is 0.333. The highest BCUT2D eigenvalue weighted by molar-refractivity contribution is 5.85. The summed E-state index contributed by atoms with van der Waals surface area (Å²) >= 11 is 0. The van der Waals surface area contributed by atoms with Crippen molar-refractivity contribution in [3.63, 3.8) is 0 Å². The van der Waals surface area contributed by atoms with Gasteiger partial charge in [-0.3, -0.25) is 0 Å². The summed E-state index contributed by atoms with van der Waals surface area (Å²) in [4.78, 5) is 0. The minimum absolute atomic E-state index is 0. The lowest BCUT2D eigenvalue weighted by molar-refractivity contribution is -0.0727. The number of rotatable bonds is 3. The van der Waals surface area contributed by atoms with E-state index >= 15 is 0 Å². The molecular formula is C9H9ClF5NO. The first kappa shape index (κ1) is 16.1. The zero-order valence-corrected chi connectivity index (χ0v) is 9.08. The van der Waals surface area contributed by atoms with Crippen molar-refractivity contribution >= 4 is 12.4 Å². The zero-order valence-electron chi connectivity index (χ0n) is 8.26. The Balaban J connectivity index is 0.00000256. The molecule has 8 heteroatoms. The zero-order chi connectivity index (χ0) is 12.5. The lowest BCUT2D eigenvalue weighted by Crippen LogP contribution is -2.37. The Bertz CT molecular complexity index is 401. The van der Waals surface area contributed by atoms with Crippen molar-refractivity contribution < 1.29 is 27.1 Å². The number of nitrogens with two attached hydrogens (primary N) is 1. The first-order chi connectivity index (χ1) is 7.31. The summed E-state index contributed by atoms with van der Waals surface area (Å²) in [7, 11) is 0. The SMILES string of the molecule is Cl.N[C@H](c1c(F)ccc(F)c1F)C(F)(F)CO. The molecule has 17 heavy (non-hydrogen) atoms. The maximum Gasteiger partial charge on any atom is 0.289 e. The first-order valence-electron chi connectivity index (χ1n) is 4.19. The molecule has 1 aromatic rings. The van der Waals surface area contributed by atoms with Crippen LogP contribution in [0.3, 0.4) is 0 Å². The number of benzene rings is 1. The quantitative estimate of drug-likeness (QED) is 0.657. The topological polar surface area (TPSA) is 46.2 Å². The Labute approximate surface area is 99.6 Å². The van der Waals surface area contributed by atoms with E-state index in [-0.39, 0.29) is 12.4 Å². The third-order valence-electron chi connectivity index (χ3n) is 2.06. The number of aliphatic hydroxyl groups is 1. The molecule has 1 rings (SSSR count). The second-order valence-electron chi connectivity index (χ2n) is 3.15. The summed E-state index contributed by atoms with van der Waals surface area (Å²) in [5.74, 6) is -8.59. The average Bonchev–Trinajstić information content (AvgIpc) is 2.24. The molecule has 0 aliphatic rings. The normalized spacial score (nSPS) is 13.1. The van der Waals surface area contributed by atoms with Crippen LogP contribution in [0.15, 0.2) is 12.1 Å². The highest BCUT2D eigenvalue weighted by Crippen LogP contribution is 2.32. The van der Waals surface area contributed by atoms with Crippen LogP contribution in [0.4, 0.5) is 22.0 Å². The van der Waals surface area contributed by atoms with Crippen molar-refractivity contribution in [2.75, 3.05) is 6.61 Å².